The second-order valence-corrected chi connectivity index (χ2v) is 16.1. The lowest BCUT2D eigenvalue weighted by atomic mass is 9.97. The number of hydrogen-bond donors (Lipinski definition) is 1. The van der Waals surface area contributed by atoms with Crippen molar-refractivity contribution in [3.63, 3.8) is 0 Å². The van der Waals surface area contributed by atoms with Gasteiger partial charge < -0.3 is 28.8 Å². The van der Waals surface area contributed by atoms with Crippen LogP contribution in [-0.4, -0.2) is 56.7 Å². The van der Waals surface area contributed by atoms with Gasteiger partial charge in [-0.3, -0.25) is 0 Å². The summed E-state index contributed by atoms with van der Waals surface area (Å²) < 4.78 is 32.4. The van der Waals surface area contributed by atoms with Crippen LogP contribution in [0.25, 0.3) is 0 Å². The molecule has 5 rings (SSSR count). The molecule has 4 aromatic rings. The van der Waals surface area contributed by atoms with Crippen LogP contribution in [0, 0.1) is 0 Å². The molecule has 1 aliphatic heterocycles. The van der Waals surface area contributed by atoms with Crippen molar-refractivity contribution in [3.8, 4) is 0 Å². The standard InChI is InChI=1S/C36H42O6Si/c1-38-36-34(41-26-29-20-12-6-13-21-29)32(40-25-28-18-10-5-11-19-28)31(39-24-27-16-8-4-9-17-27)33(42-36)35(37)43(2,3)30-22-14-7-15-23-30/h4-23,31-37H,24-26H2,1-3H3/t31-,32?,33?,34?,35-,36-/m0/s1. The van der Waals surface area contributed by atoms with E-state index < -0.39 is 44.5 Å². The number of rotatable bonds is 13. The zero-order valence-corrected chi connectivity index (χ0v) is 26.1. The van der Waals surface area contributed by atoms with Gasteiger partial charge in [-0.1, -0.05) is 140 Å². The van der Waals surface area contributed by atoms with Gasteiger partial charge in [0.25, 0.3) is 0 Å². The number of aliphatic hydroxyl groups is 1. The Balaban J connectivity index is 1.50. The predicted molar refractivity (Wildman–Crippen MR) is 170 cm³/mol. The van der Waals surface area contributed by atoms with Gasteiger partial charge in [-0.15, -0.1) is 0 Å². The molecule has 6 atom stereocenters. The first-order valence-corrected chi connectivity index (χ1v) is 17.9. The highest BCUT2D eigenvalue weighted by Crippen LogP contribution is 2.34. The van der Waals surface area contributed by atoms with Crippen LogP contribution in [-0.2, 0) is 43.5 Å². The maximum atomic E-state index is 12.1. The lowest BCUT2D eigenvalue weighted by molar-refractivity contribution is -0.325. The number of ether oxygens (including phenoxy) is 5. The fourth-order valence-corrected chi connectivity index (χ4v) is 8.07. The van der Waals surface area contributed by atoms with E-state index in [0.29, 0.717) is 19.8 Å². The average molecular weight is 599 g/mol. The minimum Gasteiger partial charge on any atom is -0.393 e. The summed E-state index contributed by atoms with van der Waals surface area (Å²) in [5, 5.41) is 13.3. The summed E-state index contributed by atoms with van der Waals surface area (Å²) in [5.74, 6) is 0. The Bertz CT molecular complexity index is 1360. The maximum absolute atomic E-state index is 12.1. The second-order valence-electron chi connectivity index (χ2n) is 11.5. The second kappa shape index (κ2) is 15.0. The van der Waals surface area contributed by atoms with Crippen LogP contribution in [0.3, 0.4) is 0 Å². The van der Waals surface area contributed by atoms with Gasteiger partial charge in [-0.25, -0.2) is 0 Å². The smallest absolute Gasteiger partial charge is 0.186 e. The Morgan fingerprint density at radius 1 is 0.605 bits per heavy atom. The normalized spacial score (nSPS) is 23.1. The highest BCUT2D eigenvalue weighted by atomic mass is 28.3. The highest BCUT2D eigenvalue weighted by Gasteiger charge is 2.54. The third-order valence-electron chi connectivity index (χ3n) is 8.19. The van der Waals surface area contributed by atoms with Crippen LogP contribution in [0.15, 0.2) is 121 Å². The Morgan fingerprint density at radius 2 is 1.00 bits per heavy atom. The molecule has 4 aromatic carbocycles. The summed E-state index contributed by atoms with van der Waals surface area (Å²) in [5.41, 5.74) is 2.27. The third-order valence-corrected chi connectivity index (χ3v) is 11.8. The molecule has 0 amide bonds. The predicted octanol–water partition coefficient (Wildman–Crippen LogP) is 5.63. The Labute approximate surface area is 256 Å². The summed E-state index contributed by atoms with van der Waals surface area (Å²) in [6.45, 7) is 5.34. The van der Waals surface area contributed by atoms with Crippen molar-refractivity contribution in [3.05, 3.63) is 138 Å². The minimum atomic E-state index is -2.47. The highest BCUT2D eigenvalue weighted by molar-refractivity contribution is 6.90. The molecule has 0 bridgehead atoms. The van der Waals surface area contributed by atoms with Crippen molar-refractivity contribution in [1.82, 2.24) is 0 Å². The summed E-state index contributed by atoms with van der Waals surface area (Å²) in [6.07, 6.45) is -3.33. The summed E-state index contributed by atoms with van der Waals surface area (Å²) in [7, 11) is -0.870. The quantitative estimate of drug-likeness (QED) is 0.201. The summed E-state index contributed by atoms with van der Waals surface area (Å²) in [6, 6.07) is 40.2. The molecule has 1 saturated heterocycles. The topological polar surface area (TPSA) is 66.4 Å². The molecule has 3 unspecified atom stereocenters. The Morgan fingerprint density at radius 3 is 1.44 bits per heavy atom. The molecule has 0 aromatic heterocycles. The SMILES string of the molecule is CO[C@H]1OC([C@@H](O)[Si](C)(C)c2ccccc2)[C@@H](OCc2ccccc2)C(OCc2ccccc2)C1OCc1ccccc1. The number of hydrogen-bond acceptors (Lipinski definition) is 6. The van der Waals surface area contributed by atoms with Gasteiger partial charge in [0, 0.05) is 7.11 Å². The van der Waals surface area contributed by atoms with E-state index in [1.807, 2.05) is 109 Å². The van der Waals surface area contributed by atoms with Crippen molar-refractivity contribution in [2.45, 2.75) is 69.3 Å². The first kappa shape index (κ1) is 31.3. The molecule has 0 saturated carbocycles. The van der Waals surface area contributed by atoms with Gasteiger partial charge in [0.2, 0.25) is 0 Å². The molecule has 1 heterocycles. The maximum Gasteiger partial charge on any atom is 0.186 e. The number of benzene rings is 4. The van der Waals surface area contributed by atoms with E-state index in [-0.39, 0.29) is 0 Å². The number of methoxy groups -OCH3 is 1. The van der Waals surface area contributed by atoms with E-state index in [1.54, 1.807) is 7.11 Å². The first-order chi connectivity index (χ1) is 21.0. The number of aliphatic hydroxyl groups excluding tert-OH is 1. The molecule has 1 aliphatic rings. The van der Waals surface area contributed by atoms with Crippen molar-refractivity contribution >= 4 is 13.3 Å². The van der Waals surface area contributed by atoms with Crippen LogP contribution in [0.1, 0.15) is 16.7 Å². The molecule has 1 fully saturated rings. The molecule has 6 nitrogen and oxygen atoms in total. The van der Waals surface area contributed by atoms with Gasteiger partial charge >= 0.3 is 0 Å². The molecule has 226 valence electrons. The molecule has 1 N–H and O–H groups in total. The van der Waals surface area contributed by atoms with Crippen molar-refractivity contribution in [2.24, 2.45) is 0 Å². The fourth-order valence-electron chi connectivity index (χ4n) is 5.58. The Hall–Kier alpha value is -3.14. The lowest BCUT2D eigenvalue weighted by Gasteiger charge is -2.49. The minimum absolute atomic E-state index is 0.333. The monoisotopic (exact) mass is 598 g/mol. The van der Waals surface area contributed by atoms with E-state index >= 15 is 0 Å². The van der Waals surface area contributed by atoms with Gasteiger partial charge in [-0.05, 0) is 16.7 Å². The Kier molecular flexibility index (Phi) is 10.9. The van der Waals surface area contributed by atoms with Gasteiger partial charge in [0.1, 0.15) is 32.5 Å². The summed E-state index contributed by atoms with van der Waals surface area (Å²) >= 11 is 0. The van der Waals surface area contributed by atoms with Crippen LogP contribution in [0.4, 0.5) is 0 Å². The van der Waals surface area contributed by atoms with E-state index in [9.17, 15) is 5.11 Å². The van der Waals surface area contributed by atoms with Crippen molar-refractivity contribution < 1.29 is 28.8 Å². The molecular formula is C36H42O6Si. The fraction of sp³-hybridized carbons (Fsp3) is 0.333. The van der Waals surface area contributed by atoms with Crippen molar-refractivity contribution in [2.75, 3.05) is 7.11 Å². The molecule has 0 spiro atoms. The lowest BCUT2D eigenvalue weighted by Crippen LogP contribution is -2.68. The van der Waals surface area contributed by atoms with Crippen LogP contribution in [0.2, 0.25) is 13.1 Å². The molecule has 0 radical (unpaired) electrons. The first-order valence-electron chi connectivity index (χ1n) is 14.9. The van der Waals surface area contributed by atoms with E-state index in [2.05, 4.69) is 25.2 Å². The van der Waals surface area contributed by atoms with Gasteiger partial charge in [0.05, 0.1) is 25.5 Å². The van der Waals surface area contributed by atoms with E-state index in [1.165, 1.54) is 0 Å². The average Bonchev–Trinajstić information content (AvgIpc) is 3.06. The van der Waals surface area contributed by atoms with Crippen molar-refractivity contribution in [1.29, 1.82) is 0 Å². The van der Waals surface area contributed by atoms with E-state index in [0.717, 1.165) is 21.9 Å². The summed E-state index contributed by atoms with van der Waals surface area (Å²) in [4.78, 5) is 0. The largest absolute Gasteiger partial charge is 0.393 e. The zero-order chi connectivity index (χ0) is 30.1. The van der Waals surface area contributed by atoms with Crippen LogP contribution in [0.5, 0.6) is 0 Å². The molecular weight excluding hydrogens is 556 g/mol. The molecule has 7 heteroatoms. The zero-order valence-electron chi connectivity index (χ0n) is 25.1. The van der Waals surface area contributed by atoms with Crippen LogP contribution >= 0.6 is 0 Å². The van der Waals surface area contributed by atoms with Crippen LogP contribution < -0.4 is 5.19 Å². The van der Waals surface area contributed by atoms with Gasteiger partial charge in [-0.2, -0.15) is 0 Å². The molecule has 43 heavy (non-hydrogen) atoms. The van der Waals surface area contributed by atoms with E-state index in [4.69, 9.17) is 23.7 Å². The third kappa shape index (κ3) is 7.88. The van der Waals surface area contributed by atoms with Gasteiger partial charge in [0.15, 0.2) is 6.29 Å². The molecule has 0 aliphatic carbocycles.